The molecule has 0 aromatic heterocycles. The van der Waals surface area contributed by atoms with E-state index in [4.69, 9.17) is 15.5 Å². The molecule has 0 aliphatic carbocycles. The van der Waals surface area contributed by atoms with Gasteiger partial charge in [0.25, 0.3) is 0 Å². The number of hydrogen-bond donors (Lipinski definition) is 2. The molecule has 0 radical (unpaired) electrons. The summed E-state index contributed by atoms with van der Waals surface area (Å²) in [6.45, 7) is 1.11. The molecule has 1 heterocycles. The molecule has 1 saturated heterocycles. The lowest BCUT2D eigenvalue weighted by atomic mass is 10.3. The highest BCUT2D eigenvalue weighted by Crippen LogP contribution is 2.08. The molecule has 0 aromatic carbocycles. The van der Waals surface area contributed by atoms with Crippen molar-refractivity contribution >= 4 is 0 Å². The van der Waals surface area contributed by atoms with E-state index in [-0.39, 0.29) is 6.54 Å². The third-order valence-electron chi connectivity index (χ3n) is 1.63. The molecule has 1 fully saturated rings. The molecule has 2 N–H and O–H groups in total. The first-order valence-electron chi connectivity index (χ1n) is 3.19. The van der Waals surface area contributed by atoms with Crippen LogP contribution in [0, 0.1) is 11.3 Å². The number of nitrogens with zero attached hydrogens (tertiary/aromatic N) is 2. The zero-order valence-corrected chi connectivity index (χ0v) is 5.56. The summed E-state index contributed by atoms with van der Waals surface area (Å²) >= 11 is 0. The molecule has 4 heteroatoms. The second kappa shape index (κ2) is 2.97. The number of rotatable bonds is 1. The fourth-order valence-corrected chi connectivity index (χ4v) is 1.08. The van der Waals surface area contributed by atoms with E-state index in [2.05, 4.69) is 0 Å². The van der Waals surface area contributed by atoms with Crippen LogP contribution in [0.5, 0.6) is 0 Å². The third kappa shape index (κ3) is 1.45. The molecule has 1 rings (SSSR count). The highest BCUT2D eigenvalue weighted by molar-refractivity contribution is 4.88. The average Bonchev–Trinajstić information content (AvgIpc) is 2.14. The molecule has 2 atom stereocenters. The quantitative estimate of drug-likeness (QED) is 0.439. The van der Waals surface area contributed by atoms with Gasteiger partial charge in [-0.15, -0.1) is 0 Å². The van der Waals surface area contributed by atoms with Gasteiger partial charge in [0.1, 0.15) is 0 Å². The van der Waals surface area contributed by atoms with Gasteiger partial charge in [0.15, 0.2) is 0 Å². The Bertz CT molecular complexity index is 144. The van der Waals surface area contributed by atoms with Gasteiger partial charge in [-0.05, 0) is 0 Å². The normalized spacial score (nSPS) is 34.1. The van der Waals surface area contributed by atoms with Crippen molar-refractivity contribution in [2.24, 2.45) is 0 Å². The average molecular weight is 142 g/mol. The van der Waals surface area contributed by atoms with Crippen LogP contribution >= 0.6 is 0 Å². The Balaban J connectivity index is 2.35. The standard InChI is InChI=1S/C6H10N2O2/c7-1-2-8-3-5(9)6(10)4-8/h5-6,9-10H,2-4H2. The fraction of sp³-hybridized carbons (Fsp3) is 0.833. The Labute approximate surface area is 59.3 Å². The van der Waals surface area contributed by atoms with Crippen molar-refractivity contribution in [3.63, 3.8) is 0 Å². The van der Waals surface area contributed by atoms with Crippen LogP contribution in [0.25, 0.3) is 0 Å². The molecule has 2 unspecified atom stereocenters. The summed E-state index contributed by atoms with van der Waals surface area (Å²) in [6, 6.07) is 1.95. The van der Waals surface area contributed by atoms with E-state index in [1.54, 1.807) is 4.90 Å². The molecule has 0 spiro atoms. The van der Waals surface area contributed by atoms with Crippen LogP contribution in [0.1, 0.15) is 0 Å². The maximum absolute atomic E-state index is 8.99. The topological polar surface area (TPSA) is 67.5 Å². The summed E-state index contributed by atoms with van der Waals surface area (Å²) in [6.07, 6.45) is -1.35. The second-order valence-electron chi connectivity index (χ2n) is 2.49. The molecular formula is C6H10N2O2. The van der Waals surface area contributed by atoms with Gasteiger partial charge in [-0.2, -0.15) is 5.26 Å². The summed E-state index contributed by atoms with van der Waals surface area (Å²) in [5.41, 5.74) is 0. The molecule has 1 aliphatic rings. The molecule has 1 aliphatic heterocycles. The molecular weight excluding hydrogens is 132 g/mol. The number of β-amino-alcohol motifs (C(OH)–C–C–N with tert-alkyl or cyclic N) is 2. The SMILES string of the molecule is N#CCN1CC(O)C(O)C1. The minimum Gasteiger partial charge on any atom is -0.389 e. The van der Waals surface area contributed by atoms with Crippen LogP contribution in [0.3, 0.4) is 0 Å². The highest BCUT2D eigenvalue weighted by Gasteiger charge is 2.28. The second-order valence-corrected chi connectivity index (χ2v) is 2.49. The maximum atomic E-state index is 8.99. The summed E-state index contributed by atoms with van der Waals surface area (Å²) in [7, 11) is 0. The largest absolute Gasteiger partial charge is 0.389 e. The summed E-state index contributed by atoms with van der Waals surface area (Å²) < 4.78 is 0. The van der Waals surface area contributed by atoms with E-state index in [0.29, 0.717) is 13.1 Å². The Morgan fingerprint density at radius 3 is 2.30 bits per heavy atom. The lowest BCUT2D eigenvalue weighted by Crippen LogP contribution is -2.22. The molecule has 4 nitrogen and oxygen atoms in total. The third-order valence-corrected chi connectivity index (χ3v) is 1.63. The molecule has 56 valence electrons. The summed E-state index contributed by atoms with van der Waals surface area (Å²) in [4.78, 5) is 1.72. The van der Waals surface area contributed by atoms with Gasteiger partial charge in [-0.1, -0.05) is 0 Å². The molecule has 0 amide bonds. The molecule has 0 bridgehead atoms. The molecule has 10 heavy (non-hydrogen) atoms. The smallest absolute Gasteiger partial charge is 0.0938 e. The number of aliphatic hydroxyl groups excluding tert-OH is 2. The van der Waals surface area contributed by atoms with Crippen molar-refractivity contribution in [1.29, 1.82) is 5.26 Å². The highest BCUT2D eigenvalue weighted by atomic mass is 16.3. The van der Waals surface area contributed by atoms with Crippen molar-refractivity contribution in [3.8, 4) is 6.07 Å². The fourth-order valence-electron chi connectivity index (χ4n) is 1.08. The Kier molecular flexibility index (Phi) is 2.22. The first-order chi connectivity index (χ1) is 4.74. The van der Waals surface area contributed by atoms with Crippen LogP contribution in [0.2, 0.25) is 0 Å². The van der Waals surface area contributed by atoms with E-state index in [1.807, 2.05) is 6.07 Å². The van der Waals surface area contributed by atoms with Gasteiger partial charge >= 0.3 is 0 Å². The number of likely N-dealkylation sites (tertiary alicyclic amines) is 1. The lowest BCUT2D eigenvalue weighted by Gasteiger charge is -2.07. The van der Waals surface area contributed by atoms with Gasteiger partial charge in [0.2, 0.25) is 0 Å². The van der Waals surface area contributed by atoms with E-state index in [1.165, 1.54) is 0 Å². The predicted molar refractivity (Wildman–Crippen MR) is 34.1 cm³/mol. The number of aliphatic hydroxyl groups is 2. The number of hydrogen-bond acceptors (Lipinski definition) is 4. The van der Waals surface area contributed by atoms with Crippen LogP contribution in [0.15, 0.2) is 0 Å². The zero-order valence-electron chi connectivity index (χ0n) is 5.56. The lowest BCUT2D eigenvalue weighted by molar-refractivity contribution is 0.0572. The van der Waals surface area contributed by atoms with E-state index >= 15 is 0 Å². The zero-order chi connectivity index (χ0) is 7.56. The van der Waals surface area contributed by atoms with Gasteiger partial charge in [-0.3, -0.25) is 4.90 Å². The van der Waals surface area contributed by atoms with Crippen LogP contribution in [0.4, 0.5) is 0 Å². The first-order valence-corrected chi connectivity index (χ1v) is 3.19. The molecule has 0 aromatic rings. The van der Waals surface area contributed by atoms with E-state index in [0.717, 1.165) is 0 Å². The summed E-state index contributed by atoms with van der Waals surface area (Å²) in [5, 5.41) is 26.2. The van der Waals surface area contributed by atoms with Crippen molar-refractivity contribution in [2.45, 2.75) is 12.2 Å². The minimum absolute atomic E-state index is 0.286. The number of nitriles is 1. The van der Waals surface area contributed by atoms with E-state index in [9.17, 15) is 0 Å². The van der Waals surface area contributed by atoms with Gasteiger partial charge in [0, 0.05) is 13.1 Å². The van der Waals surface area contributed by atoms with Crippen molar-refractivity contribution in [2.75, 3.05) is 19.6 Å². The monoisotopic (exact) mass is 142 g/mol. The van der Waals surface area contributed by atoms with Crippen molar-refractivity contribution < 1.29 is 10.2 Å². The Morgan fingerprint density at radius 1 is 1.40 bits per heavy atom. The first kappa shape index (κ1) is 7.48. The van der Waals surface area contributed by atoms with Gasteiger partial charge in [-0.25, -0.2) is 0 Å². The summed E-state index contributed by atoms with van der Waals surface area (Å²) in [5.74, 6) is 0. The van der Waals surface area contributed by atoms with Gasteiger partial charge < -0.3 is 10.2 Å². The van der Waals surface area contributed by atoms with Crippen molar-refractivity contribution in [1.82, 2.24) is 4.90 Å². The van der Waals surface area contributed by atoms with Crippen LogP contribution in [-0.2, 0) is 0 Å². The molecule has 0 saturated carbocycles. The Hall–Kier alpha value is -0.630. The predicted octanol–water partition coefficient (Wildman–Crippen LogP) is -1.45. The van der Waals surface area contributed by atoms with E-state index < -0.39 is 12.2 Å². The van der Waals surface area contributed by atoms with Gasteiger partial charge in [0.05, 0.1) is 24.8 Å². The minimum atomic E-state index is -0.673. The van der Waals surface area contributed by atoms with Crippen molar-refractivity contribution in [3.05, 3.63) is 0 Å². The van der Waals surface area contributed by atoms with Crippen LogP contribution < -0.4 is 0 Å². The Morgan fingerprint density at radius 2 is 1.90 bits per heavy atom. The maximum Gasteiger partial charge on any atom is 0.0938 e. The van der Waals surface area contributed by atoms with Crippen LogP contribution in [-0.4, -0.2) is 47.0 Å².